The predicted molar refractivity (Wildman–Crippen MR) is 137 cm³/mol. The van der Waals surface area contributed by atoms with Crippen molar-refractivity contribution in [3.63, 3.8) is 0 Å². The number of nitrogens with one attached hydrogen (secondary N) is 1. The lowest BCUT2D eigenvalue weighted by molar-refractivity contribution is -0.0721. The fourth-order valence-corrected chi connectivity index (χ4v) is 4.79. The Bertz CT molecular complexity index is 501. The van der Waals surface area contributed by atoms with Crippen molar-refractivity contribution in [3.8, 4) is 0 Å². The summed E-state index contributed by atoms with van der Waals surface area (Å²) in [6.07, 6.45) is 8.21. The fourth-order valence-electron chi connectivity index (χ4n) is 4.79. The van der Waals surface area contributed by atoms with Crippen LogP contribution in [0.3, 0.4) is 0 Å². The first-order valence-corrected chi connectivity index (χ1v) is 12.3. The van der Waals surface area contributed by atoms with Crippen LogP contribution < -0.4 is 5.32 Å². The summed E-state index contributed by atoms with van der Waals surface area (Å²) in [7, 11) is 0. The molecule has 0 aromatic carbocycles. The van der Waals surface area contributed by atoms with Crippen LogP contribution in [0.15, 0.2) is 4.99 Å². The summed E-state index contributed by atoms with van der Waals surface area (Å²) in [6, 6.07) is 0. The Morgan fingerprint density at radius 1 is 1.10 bits per heavy atom. The van der Waals surface area contributed by atoms with Crippen molar-refractivity contribution in [2.45, 2.75) is 83.7 Å². The molecule has 3 fully saturated rings. The number of piperidine rings is 1. The number of likely N-dealkylation sites (tertiary alicyclic amines) is 1. The SMILES string of the molecule is CCNC(=NCCCN1CC(C)OC(C)C1)N1CCC(OCC2CCCCO2)CC1.I. The summed E-state index contributed by atoms with van der Waals surface area (Å²) in [5.41, 5.74) is 0. The highest BCUT2D eigenvalue weighted by Crippen LogP contribution is 2.18. The van der Waals surface area contributed by atoms with Crippen LogP contribution in [0.1, 0.15) is 59.3 Å². The number of ether oxygens (including phenoxy) is 3. The van der Waals surface area contributed by atoms with E-state index in [4.69, 9.17) is 19.2 Å². The molecule has 8 heteroatoms. The summed E-state index contributed by atoms with van der Waals surface area (Å²) in [5.74, 6) is 1.07. The lowest BCUT2D eigenvalue weighted by Crippen LogP contribution is -2.47. The highest BCUT2D eigenvalue weighted by atomic mass is 127. The van der Waals surface area contributed by atoms with Crippen molar-refractivity contribution >= 4 is 29.9 Å². The molecule has 0 bridgehead atoms. The molecule has 182 valence electrons. The van der Waals surface area contributed by atoms with Gasteiger partial charge in [-0.3, -0.25) is 9.89 Å². The van der Waals surface area contributed by atoms with Crippen LogP contribution in [0.25, 0.3) is 0 Å². The van der Waals surface area contributed by atoms with E-state index in [1.807, 2.05) is 0 Å². The number of nitrogens with zero attached hydrogens (tertiary/aromatic N) is 3. The van der Waals surface area contributed by atoms with Crippen molar-refractivity contribution in [2.75, 3.05) is 59.0 Å². The van der Waals surface area contributed by atoms with E-state index in [1.165, 1.54) is 12.8 Å². The molecule has 31 heavy (non-hydrogen) atoms. The molecule has 7 nitrogen and oxygen atoms in total. The predicted octanol–water partition coefficient (Wildman–Crippen LogP) is 3.12. The van der Waals surface area contributed by atoms with Crippen LogP contribution in [-0.2, 0) is 14.2 Å². The molecule has 3 atom stereocenters. The number of morpholine rings is 1. The lowest BCUT2D eigenvalue weighted by Gasteiger charge is -2.35. The first-order valence-electron chi connectivity index (χ1n) is 12.3. The second-order valence-corrected chi connectivity index (χ2v) is 9.11. The number of hydrogen-bond donors (Lipinski definition) is 1. The van der Waals surface area contributed by atoms with Gasteiger partial charge >= 0.3 is 0 Å². The van der Waals surface area contributed by atoms with E-state index in [9.17, 15) is 0 Å². The van der Waals surface area contributed by atoms with Crippen LogP contribution in [0.2, 0.25) is 0 Å². The Morgan fingerprint density at radius 2 is 1.84 bits per heavy atom. The summed E-state index contributed by atoms with van der Waals surface area (Å²) in [4.78, 5) is 9.83. The second-order valence-electron chi connectivity index (χ2n) is 9.11. The highest BCUT2D eigenvalue weighted by molar-refractivity contribution is 14.0. The molecular weight excluding hydrogens is 507 g/mol. The fraction of sp³-hybridized carbons (Fsp3) is 0.957. The van der Waals surface area contributed by atoms with Gasteiger partial charge in [0.2, 0.25) is 0 Å². The average molecular weight is 553 g/mol. The number of guanidine groups is 1. The van der Waals surface area contributed by atoms with E-state index in [-0.39, 0.29) is 24.0 Å². The number of hydrogen-bond acceptors (Lipinski definition) is 5. The van der Waals surface area contributed by atoms with E-state index in [1.54, 1.807) is 0 Å². The van der Waals surface area contributed by atoms with Gasteiger partial charge in [-0.25, -0.2) is 0 Å². The zero-order chi connectivity index (χ0) is 21.2. The molecule has 0 saturated carbocycles. The van der Waals surface area contributed by atoms with Crippen LogP contribution in [-0.4, -0.2) is 99.2 Å². The minimum atomic E-state index is 0. The molecule has 1 N–H and O–H groups in total. The highest BCUT2D eigenvalue weighted by Gasteiger charge is 2.24. The average Bonchev–Trinajstić information content (AvgIpc) is 2.75. The van der Waals surface area contributed by atoms with Gasteiger partial charge in [0.15, 0.2) is 5.96 Å². The monoisotopic (exact) mass is 552 g/mol. The van der Waals surface area contributed by atoms with Crippen molar-refractivity contribution in [3.05, 3.63) is 0 Å². The third kappa shape index (κ3) is 9.70. The number of rotatable bonds is 8. The maximum atomic E-state index is 6.17. The third-order valence-corrected chi connectivity index (χ3v) is 6.26. The summed E-state index contributed by atoms with van der Waals surface area (Å²) in [6.45, 7) is 15.1. The van der Waals surface area contributed by atoms with Crippen molar-refractivity contribution in [1.29, 1.82) is 0 Å². The molecule has 0 aromatic rings. The molecule has 3 heterocycles. The van der Waals surface area contributed by atoms with E-state index in [0.29, 0.717) is 24.4 Å². The first kappa shape index (κ1) is 27.1. The maximum absolute atomic E-state index is 6.17. The molecule has 3 aliphatic rings. The molecule has 3 saturated heterocycles. The maximum Gasteiger partial charge on any atom is 0.193 e. The zero-order valence-corrected chi connectivity index (χ0v) is 22.2. The van der Waals surface area contributed by atoms with Gasteiger partial charge in [0.05, 0.1) is 31.0 Å². The normalized spacial score (nSPS) is 28.9. The van der Waals surface area contributed by atoms with Crippen LogP contribution in [0, 0.1) is 0 Å². The molecule has 3 aliphatic heterocycles. The molecule has 0 radical (unpaired) electrons. The number of aliphatic imine (C=N–C) groups is 1. The molecule has 3 unspecified atom stereocenters. The Hall–Kier alpha value is -0.160. The van der Waals surface area contributed by atoms with Gasteiger partial charge in [0.1, 0.15) is 0 Å². The Morgan fingerprint density at radius 3 is 2.48 bits per heavy atom. The molecule has 0 amide bonds. The lowest BCUT2D eigenvalue weighted by atomic mass is 10.1. The zero-order valence-electron chi connectivity index (χ0n) is 19.9. The van der Waals surface area contributed by atoms with Crippen molar-refractivity contribution in [1.82, 2.24) is 15.1 Å². The van der Waals surface area contributed by atoms with Crippen molar-refractivity contribution in [2.24, 2.45) is 4.99 Å². The van der Waals surface area contributed by atoms with Gasteiger partial charge in [-0.15, -0.1) is 24.0 Å². The van der Waals surface area contributed by atoms with Crippen molar-refractivity contribution < 1.29 is 14.2 Å². The Labute approximate surface area is 206 Å². The summed E-state index contributed by atoms with van der Waals surface area (Å²) >= 11 is 0. The van der Waals surface area contributed by atoms with Crippen LogP contribution in [0.4, 0.5) is 0 Å². The quantitative estimate of drug-likeness (QED) is 0.216. The number of halogens is 1. The van der Waals surface area contributed by atoms with E-state index in [0.717, 1.165) is 90.7 Å². The smallest absolute Gasteiger partial charge is 0.193 e. The largest absolute Gasteiger partial charge is 0.376 e. The second kappa shape index (κ2) is 14.9. The molecular formula is C23H45IN4O3. The Balaban J connectivity index is 0.00000341. The molecule has 0 spiro atoms. The van der Waals surface area contributed by atoms with Gasteiger partial charge in [-0.2, -0.15) is 0 Å². The molecule has 0 aromatic heterocycles. The standard InChI is InChI=1S/C23H44N4O3.HI/c1-4-24-23(25-11-7-12-26-16-19(2)30-20(3)17-26)27-13-9-21(10-14-27)29-18-22-8-5-6-15-28-22;/h19-22H,4-18H2,1-3H3,(H,24,25);1H. The van der Waals surface area contributed by atoms with Gasteiger partial charge in [0, 0.05) is 52.4 Å². The van der Waals surface area contributed by atoms with E-state index < -0.39 is 0 Å². The van der Waals surface area contributed by atoms with E-state index >= 15 is 0 Å². The minimum Gasteiger partial charge on any atom is -0.376 e. The van der Waals surface area contributed by atoms with E-state index in [2.05, 4.69) is 35.9 Å². The molecule has 3 rings (SSSR count). The minimum absolute atomic E-state index is 0. The van der Waals surface area contributed by atoms with Gasteiger partial charge < -0.3 is 24.4 Å². The summed E-state index contributed by atoms with van der Waals surface area (Å²) in [5, 5.41) is 3.48. The Kier molecular flexibility index (Phi) is 13.0. The third-order valence-electron chi connectivity index (χ3n) is 6.26. The topological polar surface area (TPSA) is 58.6 Å². The van der Waals surface area contributed by atoms with Crippen LogP contribution >= 0.6 is 24.0 Å². The summed E-state index contributed by atoms with van der Waals surface area (Å²) < 4.78 is 17.8. The van der Waals surface area contributed by atoms with Gasteiger partial charge in [-0.05, 0) is 59.3 Å². The first-order chi connectivity index (χ1) is 14.6. The van der Waals surface area contributed by atoms with Crippen LogP contribution in [0.5, 0.6) is 0 Å². The van der Waals surface area contributed by atoms with Gasteiger partial charge in [-0.1, -0.05) is 0 Å². The van der Waals surface area contributed by atoms with Gasteiger partial charge in [0.25, 0.3) is 0 Å². The molecule has 0 aliphatic carbocycles.